The van der Waals surface area contributed by atoms with Gasteiger partial charge >= 0.3 is 0 Å². The molecule has 0 saturated heterocycles. The lowest BCUT2D eigenvalue weighted by molar-refractivity contribution is 0.794. The summed E-state index contributed by atoms with van der Waals surface area (Å²) in [5.41, 5.74) is 21.7. The second kappa shape index (κ2) is 15.2. The third-order valence-corrected chi connectivity index (χ3v) is 16.0. The van der Waals surface area contributed by atoms with Crippen molar-refractivity contribution in [2.75, 3.05) is 0 Å². The van der Waals surface area contributed by atoms with Gasteiger partial charge in [-0.15, -0.1) is 0 Å². The van der Waals surface area contributed by atoms with E-state index in [2.05, 4.69) is 264 Å². The minimum Gasteiger partial charge on any atom is -0.309 e. The lowest BCUT2D eigenvalue weighted by Gasteiger charge is -2.30. The highest BCUT2D eigenvalue weighted by atomic mass is 15.2. The van der Waals surface area contributed by atoms with E-state index in [9.17, 15) is 0 Å². The molecule has 0 bridgehead atoms. The van der Waals surface area contributed by atoms with Crippen LogP contribution in [0.25, 0.3) is 122 Å². The Bertz CT molecular complexity index is 4570. The molecule has 4 heteroatoms. The first-order valence-corrected chi connectivity index (χ1v) is 25.2. The molecular weight excluding hydrogens is 885 g/mol. The number of nitrogens with zero attached hydrogens (tertiary/aromatic N) is 4. The minimum absolute atomic E-state index is 0.463. The molecule has 338 valence electrons. The average Bonchev–Trinajstić information content (AvgIpc) is 4.17. The average molecular weight is 927 g/mol. The van der Waals surface area contributed by atoms with Crippen molar-refractivity contribution < 1.29 is 0 Å². The Balaban J connectivity index is 0.909. The van der Waals surface area contributed by atoms with E-state index >= 15 is 0 Å². The van der Waals surface area contributed by atoms with E-state index in [0.29, 0.717) is 5.95 Å². The van der Waals surface area contributed by atoms with Gasteiger partial charge in [0.25, 0.3) is 0 Å². The van der Waals surface area contributed by atoms with E-state index < -0.39 is 5.41 Å². The Kier molecular flexibility index (Phi) is 8.35. The van der Waals surface area contributed by atoms with Crippen molar-refractivity contribution in [2.24, 2.45) is 0 Å². The van der Waals surface area contributed by atoms with E-state index in [-0.39, 0.29) is 0 Å². The van der Waals surface area contributed by atoms with Crippen LogP contribution in [0.2, 0.25) is 0 Å². The summed E-state index contributed by atoms with van der Waals surface area (Å²) in [5.74, 6) is 0.632. The standard InChI is InChI=1S/C69H42N4/c1-3-19-44(20-4-1)60-42-61(53-28-17-32-59-66(53)52-27-11-15-31-58(52)69(59)56-29-13-9-24-49(56)50-25-10-14-30-57(50)69)71-68(70-60)73-62-33-16-12-26-51(62)54-40-45(35-37-63(54)73)46-36-38-64-55(41-46)67-48-23-8-7-18-43(48)34-39-65(67)72(64)47-21-5-2-6-22-47/h1-42H. The highest BCUT2D eigenvalue weighted by molar-refractivity contribution is 6.22. The molecule has 2 aliphatic rings. The zero-order valence-electron chi connectivity index (χ0n) is 39.5. The topological polar surface area (TPSA) is 35.6 Å². The molecule has 2 aliphatic carbocycles. The molecule has 14 aromatic rings. The van der Waals surface area contributed by atoms with Gasteiger partial charge in [0.05, 0.1) is 38.9 Å². The number of hydrogen-bond acceptors (Lipinski definition) is 2. The zero-order valence-corrected chi connectivity index (χ0v) is 39.5. The van der Waals surface area contributed by atoms with Crippen molar-refractivity contribution in [1.29, 1.82) is 0 Å². The summed E-state index contributed by atoms with van der Waals surface area (Å²) in [6.07, 6.45) is 0. The maximum atomic E-state index is 5.67. The summed E-state index contributed by atoms with van der Waals surface area (Å²) in [6.45, 7) is 0. The van der Waals surface area contributed by atoms with Crippen molar-refractivity contribution in [1.82, 2.24) is 19.1 Å². The molecule has 0 atom stereocenters. The molecule has 3 heterocycles. The molecule has 0 unspecified atom stereocenters. The van der Waals surface area contributed by atoms with E-state index in [0.717, 1.165) is 55.6 Å². The van der Waals surface area contributed by atoms with Gasteiger partial charge < -0.3 is 4.57 Å². The molecular formula is C69H42N4. The second-order valence-corrected chi connectivity index (χ2v) is 19.6. The van der Waals surface area contributed by atoms with Crippen LogP contribution in [0.3, 0.4) is 0 Å². The van der Waals surface area contributed by atoms with Gasteiger partial charge in [0, 0.05) is 38.4 Å². The number of aromatic nitrogens is 4. The van der Waals surface area contributed by atoms with Gasteiger partial charge in [0.1, 0.15) is 0 Å². The van der Waals surface area contributed by atoms with E-state index in [1.807, 2.05) is 0 Å². The van der Waals surface area contributed by atoms with E-state index in [4.69, 9.17) is 9.97 Å². The third-order valence-electron chi connectivity index (χ3n) is 16.0. The van der Waals surface area contributed by atoms with Gasteiger partial charge in [-0.1, -0.05) is 200 Å². The Morgan fingerprint density at radius 3 is 1.59 bits per heavy atom. The Morgan fingerprint density at radius 1 is 0.301 bits per heavy atom. The lowest BCUT2D eigenvalue weighted by Crippen LogP contribution is -2.25. The molecule has 1 spiro atoms. The predicted molar refractivity (Wildman–Crippen MR) is 301 cm³/mol. The number of para-hydroxylation sites is 2. The lowest BCUT2D eigenvalue weighted by atomic mass is 9.70. The predicted octanol–water partition coefficient (Wildman–Crippen LogP) is 17.2. The van der Waals surface area contributed by atoms with Gasteiger partial charge in [-0.05, 0) is 121 Å². The molecule has 4 nitrogen and oxygen atoms in total. The quantitative estimate of drug-likeness (QED) is 0.172. The van der Waals surface area contributed by atoms with Crippen LogP contribution in [0.5, 0.6) is 0 Å². The normalized spacial score (nSPS) is 13.0. The van der Waals surface area contributed by atoms with Crippen molar-refractivity contribution in [3.05, 3.63) is 277 Å². The maximum absolute atomic E-state index is 5.67. The molecule has 3 aromatic heterocycles. The maximum Gasteiger partial charge on any atom is 0.235 e. The second-order valence-electron chi connectivity index (χ2n) is 19.6. The van der Waals surface area contributed by atoms with Crippen LogP contribution >= 0.6 is 0 Å². The summed E-state index contributed by atoms with van der Waals surface area (Å²) >= 11 is 0. The Labute approximate surface area is 421 Å². The summed E-state index contributed by atoms with van der Waals surface area (Å²) in [7, 11) is 0. The molecule has 16 rings (SSSR count). The fourth-order valence-corrected chi connectivity index (χ4v) is 13.0. The van der Waals surface area contributed by atoms with Gasteiger partial charge in [-0.25, -0.2) is 9.97 Å². The fraction of sp³-hybridized carbons (Fsp3) is 0.0145. The first-order chi connectivity index (χ1) is 36.2. The van der Waals surface area contributed by atoms with Crippen LogP contribution in [-0.4, -0.2) is 19.1 Å². The van der Waals surface area contributed by atoms with Crippen molar-refractivity contribution in [3.8, 4) is 67.5 Å². The number of benzene rings is 11. The van der Waals surface area contributed by atoms with Gasteiger partial charge in [-0.2, -0.15) is 0 Å². The summed E-state index contributed by atoms with van der Waals surface area (Å²) < 4.78 is 4.68. The molecule has 0 saturated carbocycles. The largest absolute Gasteiger partial charge is 0.309 e. The SMILES string of the molecule is c1ccc(-c2cc(-c3cccc4c3-c3ccccc3C43c4ccccc4-c4ccccc43)nc(-n3c4ccccc4c4cc(-c5ccc6c(c5)c5c7ccccc7ccc5n6-c5ccccc5)ccc43)n2)cc1. The molecule has 0 aliphatic heterocycles. The molecule has 73 heavy (non-hydrogen) atoms. The van der Waals surface area contributed by atoms with Crippen LogP contribution < -0.4 is 0 Å². The molecule has 0 radical (unpaired) electrons. The third kappa shape index (κ3) is 5.55. The summed E-state index contributed by atoms with van der Waals surface area (Å²) in [4.78, 5) is 11.2. The first kappa shape index (κ1) is 40.1. The minimum atomic E-state index is -0.463. The van der Waals surface area contributed by atoms with Crippen molar-refractivity contribution in [2.45, 2.75) is 5.41 Å². The Morgan fingerprint density at radius 2 is 0.836 bits per heavy atom. The Hall–Kier alpha value is -9.64. The van der Waals surface area contributed by atoms with Crippen LogP contribution in [0, 0.1) is 0 Å². The van der Waals surface area contributed by atoms with E-state index in [1.165, 1.54) is 82.6 Å². The molecule has 0 amide bonds. The fourth-order valence-electron chi connectivity index (χ4n) is 13.0. The summed E-state index contributed by atoms with van der Waals surface area (Å²) in [5, 5.41) is 7.29. The van der Waals surface area contributed by atoms with Gasteiger partial charge in [0.15, 0.2) is 0 Å². The highest BCUT2D eigenvalue weighted by Crippen LogP contribution is 2.64. The number of hydrogen-bond donors (Lipinski definition) is 0. The van der Waals surface area contributed by atoms with Crippen LogP contribution in [0.4, 0.5) is 0 Å². The van der Waals surface area contributed by atoms with Crippen LogP contribution in [-0.2, 0) is 5.41 Å². The molecule has 11 aromatic carbocycles. The zero-order chi connectivity index (χ0) is 47.8. The van der Waals surface area contributed by atoms with E-state index in [1.54, 1.807) is 0 Å². The molecule has 0 N–H and O–H groups in total. The van der Waals surface area contributed by atoms with Crippen molar-refractivity contribution >= 4 is 54.4 Å². The number of rotatable bonds is 5. The highest BCUT2D eigenvalue weighted by Gasteiger charge is 2.52. The van der Waals surface area contributed by atoms with Crippen molar-refractivity contribution in [3.63, 3.8) is 0 Å². The van der Waals surface area contributed by atoms with Gasteiger partial charge in [-0.3, -0.25) is 4.57 Å². The summed E-state index contributed by atoms with van der Waals surface area (Å²) in [6, 6.07) is 93.2. The van der Waals surface area contributed by atoms with Gasteiger partial charge in [0.2, 0.25) is 5.95 Å². The van der Waals surface area contributed by atoms with Crippen LogP contribution in [0.15, 0.2) is 255 Å². The molecule has 0 fully saturated rings. The van der Waals surface area contributed by atoms with Crippen LogP contribution in [0.1, 0.15) is 22.3 Å². The monoisotopic (exact) mass is 926 g/mol. The first-order valence-electron chi connectivity index (χ1n) is 25.2. The number of fused-ring (bicyclic) bond motifs is 18. The smallest absolute Gasteiger partial charge is 0.235 e.